The third kappa shape index (κ3) is 5.70. The normalized spacial score (nSPS) is 14.7. The van der Waals surface area contributed by atoms with Gasteiger partial charge in [-0.25, -0.2) is 4.39 Å². The molecule has 0 saturated carbocycles. The smallest absolute Gasteiger partial charge is 0.222 e. The largest absolute Gasteiger partial charge is 0.349 e. The van der Waals surface area contributed by atoms with Gasteiger partial charge in [-0.3, -0.25) is 4.79 Å². The van der Waals surface area contributed by atoms with Crippen molar-refractivity contribution in [2.45, 2.75) is 52.6 Å². The molecule has 0 bridgehead atoms. The Balaban J connectivity index is 2.52. The fourth-order valence-corrected chi connectivity index (χ4v) is 2.30. The first kappa shape index (κ1) is 16.6. The Kier molecular flexibility index (Phi) is 5.69. The monoisotopic (exact) mass is 280 g/mol. The molecule has 0 fully saturated rings. The quantitative estimate of drug-likeness (QED) is 0.870. The average Bonchev–Trinajstić information content (AvgIpc) is 2.25. The molecule has 0 heterocycles. The standard InChI is InChI=1S/C16H25FN2O/c1-11(13-7-5-6-8-14(13)17)19-15(20)9-12(18)10-16(2,3)4/h5-8,11-12H,9-10,18H2,1-4H3,(H,19,20)/t11-,12?/m1/s1. The molecule has 1 rings (SSSR count). The first-order valence-electron chi connectivity index (χ1n) is 6.98. The van der Waals surface area contributed by atoms with Gasteiger partial charge in [0.2, 0.25) is 5.91 Å². The van der Waals surface area contributed by atoms with Gasteiger partial charge >= 0.3 is 0 Å². The first-order valence-corrected chi connectivity index (χ1v) is 6.98. The summed E-state index contributed by atoms with van der Waals surface area (Å²) >= 11 is 0. The second kappa shape index (κ2) is 6.84. The molecule has 2 atom stereocenters. The van der Waals surface area contributed by atoms with Crippen molar-refractivity contribution in [3.8, 4) is 0 Å². The van der Waals surface area contributed by atoms with Gasteiger partial charge in [0.15, 0.2) is 0 Å². The van der Waals surface area contributed by atoms with Gasteiger partial charge in [-0.15, -0.1) is 0 Å². The highest BCUT2D eigenvalue weighted by molar-refractivity contribution is 5.77. The van der Waals surface area contributed by atoms with E-state index < -0.39 is 0 Å². The van der Waals surface area contributed by atoms with E-state index in [4.69, 9.17) is 5.73 Å². The molecule has 0 aliphatic heterocycles. The molecule has 112 valence electrons. The van der Waals surface area contributed by atoms with Crippen molar-refractivity contribution in [1.29, 1.82) is 0 Å². The Bertz CT molecular complexity index is 454. The molecule has 0 aliphatic rings. The van der Waals surface area contributed by atoms with Gasteiger partial charge in [0.05, 0.1) is 6.04 Å². The van der Waals surface area contributed by atoms with Crippen molar-refractivity contribution >= 4 is 5.91 Å². The average molecular weight is 280 g/mol. The minimum atomic E-state index is -0.356. The van der Waals surface area contributed by atoms with Crippen LogP contribution in [-0.4, -0.2) is 11.9 Å². The van der Waals surface area contributed by atoms with Gasteiger partial charge in [-0.05, 0) is 24.8 Å². The van der Waals surface area contributed by atoms with Crippen LogP contribution in [0.1, 0.15) is 52.1 Å². The van der Waals surface area contributed by atoms with Gasteiger partial charge < -0.3 is 11.1 Å². The number of hydrogen-bond donors (Lipinski definition) is 2. The van der Waals surface area contributed by atoms with E-state index in [2.05, 4.69) is 26.1 Å². The molecule has 1 unspecified atom stereocenters. The summed E-state index contributed by atoms with van der Waals surface area (Å²) in [5, 5.41) is 2.79. The number of nitrogens with one attached hydrogen (secondary N) is 1. The predicted molar refractivity (Wildman–Crippen MR) is 79.6 cm³/mol. The molecule has 0 saturated heterocycles. The molecule has 4 heteroatoms. The second-order valence-corrected chi connectivity index (χ2v) is 6.54. The first-order chi connectivity index (χ1) is 9.19. The molecule has 0 aliphatic carbocycles. The van der Waals surface area contributed by atoms with Crippen LogP contribution in [0.25, 0.3) is 0 Å². The maximum Gasteiger partial charge on any atom is 0.222 e. The van der Waals surface area contributed by atoms with E-state index in [9.17, 15) is 9.18 Å². The highest BCUT2D eigenvalue weighted by atomic mass is 19.1. The third-order valence-electron chi connectivity index (χ3n) is 3.07. The number of halogens is 1. The van der Waals surface area contributed by atoms with Crippen molar-refractivity contribution in [3.63, 3.8) is 0 Å². The number of rotatable bonds is 5. The molecule has 1 amide bonds. The molecule has 0 spiro atoms. The van der Waals surface area contributed by atoms with E-state index >= 15 is 0 Å². The number of carbonyl (C=O) groups excluding carboxylic acids is 1. The molecule has 0 radical (unpaired) electrons. The van der Waals surface area contributed by atoms with Crippen LogP contribution in [0.15, 0.2) is 24.3 Å². The summed E-state index contributed by atoms with van der Waals surface area (Å²) in [7, 11) is 0. The van der Waals surface area contributed by atoms with Gasteiger partial charge in [-0.1, -0.05) is 39.0 Å². The Morgan fingerprint density at radius 3 is 2.50 bits per heavy atom. The van der Waals surface area contributed by atoms with Crippen LogP contribution in [0.3, 0.4) is 0 Å². The van der Waals surface area contributed by atoms with Crippen LogP contribution >= 0.6 is 0 Å². The van der Waals surface area contributed by atoms with E-state index in [0.717, 1.165) is 6.42 Å². The number of hydrogen-bond acceptors (Lipinski definition) is 2. The maximum atomic E-state index is 13.6. The predicted octanol–water partition coefficient (Wildman–Crippen LogP) is 3.16. The Hall–Kier alpha value is -1.42. The molecular weight excluding hydrogens is 255 g/mol. The lowest BCUT2D eigenvalue weighted by Crippen LogP contribution is -2.35. The molecule has 1 aromatic rings. The zero-order valence-corrected chi connectivity index (χ0v) is 12.7. The van der Waals surface area contributed by atoms with Crippen molar-refractivity contribution in [2.75, 3.05) is 0 Å². The van der Waals surface area contributed by atoms with E-state index in [1.165, 1.54) is 6.07 Å². The summed E-state index contributed by atoms with van der Waals surface area (Å²) in [6, 6.07) is 5.92. The number of amides is 1. The van der Waals surface area contributed by atoms with Gasteiger partial charge in [0, 0.05) is 18.0 Å². The van der Waals surface area contributed by atoms with Crippen LogP contribution in [-0.2, 0) is 4.79 Å². The molecule has 3 N–H and O–H groups in total. The molecular formula is C16H25FN2O. The molecule has 20 heavy (non-hydrogen) atoms. The molecule has 1 aromatic carbocycles. The Morgan fingerprint density at radius 2 is 1.95 bits per heavy atom. The Labute approximate surface area is 120 Å². The zero-order valence-electron chi connectivity index (χ0n) is 12.7. The lowest BCUT2D eigenvalue weighted by atomic mass is 9.87. The van der Waals surface area contributed by atoms with Crippen LogP contribution in [0, 0.1) is 11.2 Å². The SMILES string of the molecule is C[C@@H](NC(=O)CC(N)CC(C)(C)C)c1ccccc1F. The van der Waals surface area contributed by atoms with E-state index in [-0.39, 0.29) is 35.6 Å². The van der Waals surface area contributed by atoms with E-state index in [1.54, 1.807) is 25.1 Å². The summed E-state index contributed by atoms with van der Waals surface area (Å²) in [5.41, 5.74) is 6.56. The van der Waals surface area contributed by atoms with Crippen LogP contribution < -0.4 is 11.1 Å². The van der Waals surface area contributed by atoms with Crippen molar-refractivity contribution in [1.82, 2.24) is 5.32 Å². The Morgan fingerprint density at radius 1 is 1.35 bits per heavy atom. The lowest BCUT2D eigenvalue weighted by Gasteiger charge is -2.23. The zero-order chi connectivity index (χ0) is 15.3. The summed E-state index contributed by atoms with van der Waals surface area (Å²) in [6.45, 7) is 8.04. The van der Waals surface area contributed by atoms with Gasteiger partial charge in [-0.2, -0.15) is 0 Å². The minimum absolute atomic E-state index is 0.0941. The fourth-order valence-electron chi connectivity index (χ4n) is 2.30. The van der Waals surface area contributed by atoms with Crippen LogP contribution in [0.2, 0.25) is 0 Å². The highest BCUT2D eigenvalue weighted by Gasteiger charge is 2.19. The third-order valence-corrected chi connectivity index (χ3v) is 3.07. The van der Waals surface area contributed by atoms with Crippen molar-refractivity contribution < 1.29 is 9.18 Å². The van der Waals surface area contributed by atoms with Gasteiger partial charge in [0.1, 0.15) is 5.82 Å². The van der Waals surface area contributed by atoms with E-state index in [0.29, 0.717) is 5.56 Å². The fraction of sp³-hybridized carbons (Fsp3) is 0.562. The summed E-state index contributed by atoms with van der Waals surface area (Å²) in [4.78, 5) is 11.9. The molecule has 3 nitrogen and oxygen atoms in total. The van der Waals surface area contributed by atoms with E-state index in [1.807, 2.05) is 0 Å². The van der Waals surface area contributed by atoms with Crippen molar-refractivity contribution in [2.24, 2.45) is 11.1 Å². The summed E-state index contributed by atoms with van der Waals surface area (Å²) in [6.07, 6.45) is 1.03. The van der Waals surface area contributed by atoms with Crippen LogP contribution in [0.5, 0.6) is 0 Å². The summed E-state index contributed by atoms with van der Waals surface area (Å²) in [5.74, 6) is -0.447. The van der Waals surface area contributed by atoms with Crippen molar-refractivity contribution in [3.05, 3.63) is 35.6 Å². The van der Waals surface area contributed by atoms with Crippen LogP contribution in [0.4, 0.5) is 4.39 Å². The number of nitrogens with two attached hydrogens (primary N) is 1. The number of carbonyl (C=O) groups is 1. The summed E-state index contributed by atoms with van der Waals surface area (Å²) < 4.78 is 13.6. The molecule has 0 aromatic heterocycles. The second-order valence-electron chi connectivity index (χ2n) is 6.54. The van der Waals surface area contributed by atoms with Gasteiger partial charge in [0.25, 0.3) is 0 Å². The number of benzene rings is 1. The minimum Gasteiger partial charge on any atom is -0.349 e. The maximum absolute atomic E-state index is 13.6. The topological polar surface area (TPSA) is 55.1 Å². The lowest BCUT2D eigenvalue weighted by molar-refractivity contribution is -0.122. The highest BCUT2D eigenvalue weighted by Crippen LogP contribution is 2.21.